The van der Waals surface area contributed by atoms with Crippen LogP contribution in [0.3, 0.4) is 0 Å². The molecule has 3 unspecified atom stereocenters. The normalized spacial score (nSPS) is 17.2. The average molecular weight is 1340 g/mol. The van der Waals surface area contributed by atoms with Crippen LogP contribution in [0.2, 0.25) is 5.02 Å². The number of rotatable bonds is 15. The number of aromatic nitrogens is 4. The Kier molecular flexibility index (Phi) is 22.5. The molecule has 0 saturated carbocycles. The molecule has 22 nitrogen and oxygen atoms in total. The number of hydrazone groups is 1. The maximum absolute atomic E-state index is 17.2. The van der Waals surface area contributed by atoms with Crippen molar-refractivity contribution in [1.29, 1.82) is 5.26 Å². The van der Waals surface area contributed by atoms with E-state index in [0.29, 0.717) is 40.5 Å². The van der Waals surface area contributed by atoms with Gasteiger partial charge in [-0.15, -0.1) is 11.3 Å². The summed E-state index contributed by atoms with van der Waals surface area (Å²) in [6.07, 6.45) is 2.20. The highest BCUT2D eigenvalue weighted by atomic mass is 35.5. The smallest absolute Gasteiger partial charge is 0.412 e. The Bertz CT molecular complexity index is 4180. The van der Waals surface area contributed by atoms with Gasteiger partial charge in [0.25, 0.3) is 17.9 Å². The largest absolute Gasteiger partial charge is 0.467 e. The van der Waals surface area contributed by atoms with Crippen molar-refractivity contribution in [3.05, 3.63) is 110 Å². The summed E-state index contributed by atoms with van der Waals surface area (Å²) in [5.74, 6) is 9.71. The highest BCUT2D eigenvalue weighted by Gasteiger charge is 2.37. The van der Waals surface area contributed by atoms with Crippen molar-refractivity contribution in [3.63, 3.8) is 0 Å². The minimum Gasteiger partial charge on any atom is -0.467 e. The van der Waals surface area contributed by atoms with Crippen molar-refractivity contribution in [2.75, 3.05) is 68.5 Å². The van der Waals surface area contributed by atoms with Crippen molar-refractivity contribution < 1.29 is 51.3 Å². The number of aliphatic hydroxyl groups is 1. The Balaban J connectivity index is 0.000000784. The van der Waals surface area contributed by atoms with E-state index in [2.05, 4.69) is 37.2 Å². The predicted octanol–water partition coefficient (Wildman–Crippen LogP) is 11.2. The van der Waals surface area contributed by atoms with Crippen LogP contribution < -0.4 is 37.5 Å². The van der Waals surface area contributed by atoms with E-state index in [0.717, 1.165) is 35.4 Å². The lowest BCUT2D eigenvalue weighted by atomic mass is 9.89. The van der Waals surface area contributed by atoms with Gasteiger partial charge in [-0.2, -0.15) is 20.3 Å². The van der Waals surface area contributed by atoms with E-state index >= 15 is 13.2 Å². The molecular formula is C66H79ClF4N14O8S. The van der Waals surface area contributed by atoms with E-state index in [4.69, 9.17) is 42.5 Å². The number of halogens is 5. The van der Waals surface area contributed by atoms with Crippen molar-refractivity contribution >= 4 is 95.6 Å². The molecule has 3 saturated heterocycles. The van der Waals surface area contributed by atoms with E-state index in [1.165, 1.54) is 48.8 Å². The summed E-state index contributed by atoms with van der Waals surface area (Å²) in [7, 11) is 1.31. The first kappa shape index (κ1) is 71.2. The van der Waals surface area contributed by atoms with Crippen molar-refractivity contribution in [2.24, 2.45) is 16.8 Å². The highest BCUT2D eigenvalue weighted by molar-refractivity contribution is 7.23. The van der Waals surface area contributed by atoms with Crippen molar-refractivity contribution in [1.82, 2.24) is 34.3 Å². The molecule has 4 atom stereocenters. The maximum atomic E-state index is 17.2. The van der Waals surface area contributed by atoms with Crippen LogP contribution in [0.25, 0.3) is 54.4 Å². The van der Waals surface area contributed by atoms with Gasteiger partial charge in [0, 0.05) is 77.2 Å². The number of amidine groups is 1. The van der Waals surface area contributed by atoms with Gasteiger partial charge in [0.1, 0.15) is 52.4 Å². The summed E-state index contributed by atoms with van der Waals surface area (Å²) in [6.45, 7) is 24.1. The third-order valence-electron chi connectivity index (χ3n) is 16.6. The molecule has 3 fully saturated rings. The number of thiophene rings is 1. The van der Waals surface area contributed by atoms with Crippen LogP contribution in [0.1, 0.15) is 117 Å². The van der Waals surface area contributed by atoms with Gasteiger partial charge in [0.05, 0.1) is 75.8 Å². The van der Waals surface area contributed by atoms with E-state index in [1.54, 1.807) is 51.7 Å². The number of nitrogens with two attached hydrogens (primary N) is 2. The number of benzene rings is 3. The number of piperazine rings is 1. The minimum absolute atomic E-state index is 0.0104. The number of hydrazine groups is 1. The molecule has 2 amide bonds. The van der Waals surface area contributed by atoms with E-state index in [1.807, 2.05) is 45.6 Å². The van der Waals surface area contributed by atoms with E-state index in [9.17, 15) is 33.9 Å². The van der Waals surface area contributed by atoms with E-state index < -0.39 is 58.4 Å². The summed E-state index contributed by atoms with van der Waals surface area (Å²) < 4.78 is 78.2. The average Bonchev–Trinajstić information content (AvgIpc) is 1.42. The number of carbonyl (C=O) groups excluding carboxylic acids is 3. The lowest BCUT2D eigenvalue weighted by molar-refractivity contribution is -0.130. The first-order valence-corrected chi connectivity index (χ1v) is 32.2. The third kappa shape index (κ3) is 14.6. The lowest BCUT2D eigenvalue weighted by Crippen LogP contribution is -2.55. The molecule has 4 aromatic heterocycles. The van der Waals surface area contributed by atoms with Gasteiger partial charge in [0.2, 0.25) is 0 Å². The number of nitrogens with one attached hydrogen (secondary N) is 2. The summed E-state index contributed by atoms with van der Waals surface area (Å²) in [6, 6.07) is 12.1. The number of amides is 2. The van der Waals surface area contributed by atoms with Gasteiger partial charge in [-0.05, 0) is 108 Å². The van der Waals surface area contributed by atoms with Gasteiger partial charge >= 0.3 is 12.1 Å². The van der Waals surface area contributed by atoms with Crippen LogP contribution in [0, 0.1) is 28.8 Å². The second kappa shape index (κ2) is 29.7. The summed E-state index contributed by atoms with van der Waals surface area (Å²) in [4.78, 5) is 70.9. The summed E-state index contributed by atoms with van der Waals surface area (Å²) >= 11 is 7.72. The van der Waals surface area contributed by atoms with Crippen LogP contribution in [-0.4, -0.2) is 141 Å². The van der Waals surface area contributed by atoms with Crippen LogP contribution >= 0.6 is 22.9 Å². The molecule has 94 heavy (non-hydrogen) atoms. The number of pyridine rings is 2. The molecule has 7 aromatic rings. The van der Waals surface area contributed by atoms with Gasteiger partial charge < -0.3 is 44.8 Å². The Morgan fingerprint density at radius 2 is 1.78 bits per heavy atom. The molecule has 11 rings (SSSR count). The van der Waals surface area contributed by atoms with Crippen molar-refractivity contribution in [3.8, 4) is 34.6 Å². The molecular weight excluding hydrogens is 1260 g/mol. The number of carbonyl (C=O) groups is 3. The molecule has 0 spiro atoms. The van der Waals surface area contributed by atoms with E-state index in [-0.39, 0.29) is 146 Å². The summed E-state index contributed by atoms with van der Waals surface area (Å²) in [5.41, 5.74) is -0.836. The zero-order valence-corrected chi connectivity index (χ0v) is 56.1. The lowest BCUT2D eigenvalue weighted by Gasteiger charge is -2.41. The zero-order chi connectivity index (χ0) is 68.8. The molecule has 8 heterocycles. The predicted molar refractivity (Wildman–Crippen MR) is 358 cm³/mol. The number of hydrogen-bond acceptors (Lipinski definition) is 19. The number of ether oxygens (including phenoxy) is 3. The number of alkyl halides is 1. The molecule has 3 aromatic carbocycles. The number of methoxy groups -OCH3 is 1. The van der Waals surface area contributed by atoms with Crippen LogP contribution in [0.4, 0.5) is 38.9 Å². The Hall–Kier alpha value is -8.68. The molecule has 4 aliphatic rings. The third-order valence-corrected chi connectivity index (χ3v) is 18.0. The van der Waals surface area contributed by atoms with Crippen LogP contribution in [-0.2, 0) is 37.8 Å². The SMILES string of the molecule is C=C(CN(N)/C(CNc1cc2cc3c(nc2cc1F)-c1cc([C@@](C)(O)CC)c(COC=O)c(=O)n1C3)=N\N)C(=O)N1CCN(c2nc(OC)nc3c(F)c(-c4ccc(F)c5sc(NC(=O)OC(C)(C)C)c(C#N)c45)c(Cl)cc23)C(C)C1.CC.CC.FC1CC2CCCN2C1. The molecule has 0 bridgehead atoms. The Morgan fingerprint density at radius 1 is 1.04 bits per heavy atom. The number of hydrogen-bond donors (Lipinski definition) is 5. The van der Waals surface area contributed by atoms with Gasteiger partial charge in [0.15, 0.2) is 11.7 Å². The minimum atomic E-state index is -1.42. The fourth-order valence-electron chi connectivity index (χ4n) is 12.0. The van der Waals surface area contributed by atoms with Gasteiger partial charge in [-0.25, -0.2) is 33.2 Å². The fraction of sp³-hybridized carbons (Fsp3) is 0.439. The standard InChI is InChI=1S/C55H55ClF3N13O8S.C7H12FN.2C2H6/c1-9-55(7,77)34-17-40-45-29(23-71(40)51(75)33(34)24-79-25-73)14-28-15-39(37(58)18-38(28)64-45)63-20-41(68-61)72(62)21-26(2)50(74)69-12-13-70(27(3)22-69)48-31-16-35(56)43(44(59)46(31)65-52(66-48)78-8)30-10-11-36(57)47-42(30)32(19-60)49(81-47)67-53(76)80-54(4,5)6;8-6-4-7-2-1-3-9(7)5-6;2*1-2/h10-11,14-18,25,27,63,77H,2,9,12-13,20-24,61-62H2,1,3-8H3,(H,67,76);6-7H,1-5H2;2*1-2H3/b68-41-;;;/t27?,55-;;;/m0.../s1. The molecule has 7 N–H and O–H groups in total. The molecule has 0 radical (unpaired) electrons. The fourth-order valence-corrected chi connectivity index (χ4v) is 13.4. The van der Waals surface area contributed by atoms with Crippen molar-refractivity contribution in [2.45, 2.75) is 138 Å². The first-order chi connectivity index (χ1) is 44.8. The van der Waals surface area contributed by atoms with Crippen LogP contribution in [0.5, 0.6) is 6.01 Å². The number of nitrogens with zero attached hydrogens (tertiary/aromatic N) is 10. The van der Waals surface area contributed by atoms with Gasteiger partial charge in [-0.3, -0.25) is 29.6 Å². The Labute approximate surface area is 551 Å². The quantitative estimate of drug-likeness (QED) is 0.0121. The Morgan fingerprint density at radius 3 is 2.43 bits per heavy atom. The first-order valence-electron chi connectivity index (χ1n) is 31.0. The molecule has 28 heteroatoms. The van der Waals surface area contributed by atoms with Crippen LogP contribution in [0.15, 0.2) is 64.5 Å². The maximum Gasteiger partial charge on any atom is 0.412 e. The molecule has 0 aliphatic carbocycles. The molecule has 4 aliphatic heterocycles. The highest BCUT2D eigenvalue weighted by Crippen LogP contribution is 2.47. The second-order valence-corrected chi connectivity index (χ2v) is 25.2. The second-order valence-electron chi connectivity index (χ2n) is 23.7. The zero-order valence-electron chi connectivity index (χ0n) is 54.5. The monoisotopic (exact) mass is 1340 g/mol. The number of fused-ring (bicyclic) bond motifs is 7. The summed E-state index contributed by atoms with van der Waals surface area (Å²) in [5, 5.41) is 32.5. The molecule has 502 valence electrons. The number of nitriles is 1. The number of anilines is 3. The topological polar surface area (TPSA) is 285 Å². The van der Waals surface area contributed by atoms with Gasteiger partial charge in [-0.1, -0.05) is 58.9 Å².